The Hall–Kier alpha value is -1.61. The maximum atomic E-state index is 12.0. The van der Waals surface area contributed by atoms with Gasteiger partial charge in [0.05, 0.1) is 6.61 Å². The second kappa shape index (κ2) is 20.1. The molecule has 0 bridgehead atoms. The number of aliphatic hydroxyl groups is 1. The first kappa shape index (κ1) is 26.4. The Balaban J connectivity index is 3.89. The van der Waals surface area contributed by atoms with Crippen LogP contribution in [0.1, 0.15) is 85.0 Å². The third kappa shape index (κ3) is 16.6. The zero-order chi connectivity index (χ0) is 20.9. The summed E-state index contributed by atoms with van der Waals surface area (Å²) in [6, 6.07) is 0. The minimum Gasteiger partial charge on any atom is -0.395 e. The van der Waals surface area contributed by atoms with E-state index in [1.807, 2.05) is 44.2 Å². The highest BCUT2D eigenvalue weighted by atomic mass is 16.3. The molecule has 0 aromatic heterocycles. The second-order valence-corrected chi connectivity index (χ2v) is 7.57. The molecule has 160 valence electrons. The number of hydrogen-bond acceptors (Lipinski definition) is 2. The number of allylic oxidation sites excluding steroid dienone is 7. The van der Waals surface area contributed by atoms with Crippen molar-refractivity contribution in [3.05, 3.63) is 48.1 Å². The molecule has 3 nitrogen and oxygen atoms in total. The van der Waals surface area contributed by atoms with Crippen LogP contribution in [0.15, 0.2) is 48.1 Å². The Morgan fingerprint density at radius 1 is 0.857 bits per heavy atom. The highest BCUT2D eigenvalue weighted by Gasteiger charge is 2.11. The zero-order valence-electron chi connectivity index (χ0n) is 18.5. The van der Waals surface area contributed by atoms with E-state index in [0.29, 0.717) is 0 Å². The van der Waals surface area contributed by atoms with Crippen LogP contribution in [-0.2, 0) is 4.79 Å². The van der Waals surface area contributed by atoms with E-state index >= 15 is 0 Å². The molecule has 0 aliphatic heterocycles. The molecule has 0 rings (SSSR count). The number of hydrogen-bond donors (Lipinski definition) is 2. The number of carbonyl (C=O) groups excluding carboxylic acids is 1. The van der Waals surface area contributed by atoms with E-state index in [0.717, 1.165) is 12.0 Å². The number of nitrogens with one attached hydrogen (secondary N) is 1. The van der Waals surface area contributed by atoms with Crippen LogP contribution in [0, 0.1) is 5.92 Å². The number of aliphatic hydroxyl groups excluding tert-OH is 1. The van der Waals surface area contributed by atoms with Gasteiger partial charge in [0.15, 0.2) is 0 Å². The van der Waals surface area contributed by atoms with Crippen LogP contribution in [0.5, 0.6) is 0 Å². The van der Waals surface area contributed by atoms with Gasteiger partial charge < -0.3 is 10.4 Å². The fourth-order valence-corrected chi connectivity index (χ4v) is 2.90. The number of amides is 1. The third-order valence-corrected chi connectivity index (χ3v) is 4.61. The summed E-state index contributed by atoms with van der Waals surface area (Å²) in [6.07, 6.45) is 27.4. The van der Waals surface area contributed by atoms with E-state index < -0.39 is 0 Å². The van der Waals surface area contributed by atoms with Crippen LogP contribution in [-0.4, -0.2) is 24.2 Å². The fraction of sp³-hybridized carbons (Fsp3) is 0.640. The van der Waals surface area contributed by atoms with Crippen molar-refractivity contribution in [1.82, 2.24) is 5.32 Å². The predicted molar refractivity (Wildman–Crippen MR) is 122 cm³/mol. The van der Waals surface area contributed by atoms with Gasteiger partial charge in [0, 0.05) is 12.1 Å². The summed E-state index contributed by atoms with van der Waals surface area (Å²) in [5, 5.41) is 11.5. The standard InChI is InChI=1S/C25H43NO2/c1-4-5-6-7-8-9-10-11-12-13-14-15-16-17-18-19-20-24(23(2)3)25(28)26-21-22-27/h14-20,23,27H,4-13,21-22H2,1-3H3,(H,26,28)/b15-14-,17-16+,19-18-,24-20+. The molecule has 0 saturated heterocycles. The monoisotopic (exact) mass is 389 g/mol. The SMILES string of the molecule is CCCCCCCCCCC\C=C/C=C/C=C\C=C(\C(=O)NCCO)C(C)C. The lowest BCUT2D eigenvalue weighted by molar-refractivity contribution is -0.118. The summed E-state index contributed by atoms with van der Waals surface area (Å²) in [6.45, 7) is 6.49. The van der Waals surface area contributed by atoms with Crippen molar-refractivity contribution < 1.29 is 9.90 Å². The highest BCUT2D eigenvalue weighted by Crippen LogP contribution is 2.11. The predicted octanol–water partition coefficient (Wildman–Crippen LogP) is 6.27. The molecule has 0 spiro atoms. The quantitative estimate of drug-likeness (QED) is 0.175. The van der Waals surface area contributed by atoms with Crippen molar-refractivity contribution in [3.8, 4) is 0 Å². The molecule has 0 unspecified atom stereocenters. The molecule has 0 heterocycles. The van der Waals surface area contributed by atoms with Crippen molar-refractivity contribution in [3.63, 3.8) is 0 Å². The first-order valence-corrected chi connectivity index (χ1v) is 11.2. The molecule has 0 fully saturated rings. The molecule has 0 saturated carbocycles. The van der Waals surface area contributed by atoms with Gasteiger partial charge in [0.2, 0.25) is 5.91 Å². The van der Waals surface area contributed by atoms with E-state index in [-0.39, 0.29) is 25.0 Å². The largest absolute Gasteiger partial charge is 0.395 e. The molecule has 3 heteroatoms. The lowest BCUT2D eigenvalue weighted by Gasteiger charge is -2.10. The Morgan fingerprint density at radius 3 is 2.04 bits per heavy atom. The molecule has 1 amide bonds. The first-order chi connectivity index (χ1) is 13.6. The van der Waals surface area contributed by atoms with Gasteiger partial charge in [-0.15, -0.1) is 0 Å². The van der Waals surface area contributed by atoms with Gasteiger partial charge in [-0.2, -0.15) is 0 Å². The van der Waals surface area contributed by atoms with E-state index in [9.17, 15) is 4.79 Å². The first-order valence-electron chi connectivity index (χ1n) is 11.2. The van der Waals surface area contributed by atoms with Crippen molar-refractivity contribution in [1.29, 1.82) is 0 Å². The van der Waals surface area contributed by atoms with Gasteiger partial charge >= 0.3 is 0 Å². The molecule has 0 atom stereocenters. The maximum Gasteiger partial charge on any atom is 0.247 e. The molecule has 2 N–H and O–H groups in total. The van der Waals surface area contributed by atoms with Crippen LogP contribution < -0.4 is 5.32 Å². The molecular formula is C25H43NO2. The summed E-state index contributed by atoms with van der Waals surface area (Å²) in [7, 11) is 0. The van der Waals surface area contributed by atoms with E-state index in [1.54, 1.807) is 0 Å². The average Bonchev–Trinajstić information content (AvgIpc) is 2.68. The van der Waals surface area contributed by atoms with Gasteiger partial charge in [-0.25, -0.2) is 0 Å². The molecule has 0 aliphatic carbocycles. The molecule has 0 aromatic rings. The number of unbranched alkanes of at least 4 members (excludes halogenated alkanes) is 9. The number of rotatable bonds is 17. The maximum absolute atomic E-state index is 12.0. The van der Waals surface area contributed by atoms with Gasteiger partial charge in [0.25, 0.3) is 0 Å². The Bertz CT molecular complexity index is 487. The Kier molecular flexibility index (Phi) is 19.0. The third-order valence-electron chi connectivity index (χ3n) is 4.61. The molecule has 0 aliphatic rings. The van der Waals surface area contributed by atoms with Crippen LogP contribution >= 0.6 is 0 Å². The lowest BCUT2D eigenvalue weighted by atomic mass is 10.0. The minimum atomic E-state index is -0.112. The normalized spacial score (nSPS) is 12.8. The van der Waals surface area contributed by atoms with Gasteiger partial charge in [-0.1, -0.05) is 115 Å². The van der Waals surface area contributed by atoms with E-state index in [1.165, 1.54) is 57.8 Å². The summed E-state index contributed by atoms with van der Waals surface area (Å²) in [5.41, 5.74) is 0.721. The Morgan fingerprint density at radius 2 is 1.43 bits per heavy atom. The topological polar surface area (TPSA) is 49.3 Å². The van der Waals surface area contributed by atoms with E-state index in [4.69, 9.17) is 5.11 Å². The van der Waals surface area contributed by atoms with Gasteiger partial charge in [-0.05, 0) is 18.8 Å². The van der Waals surface area contributed by atoms with Crippen molar-refractivity contribution in [2.24, 2.45) is 5.92 Å². The fourth-order valence-electron chi connectivity index (χ4n) is 2.90. The van der Waals surface area contributed by atoms with Crippen molar-refractivity contribution in [2.75, 3.05) is 13.2 Å². The molecule has 0 radical (unpaired) electrons. The van der Waals surface area contributed by atoms with Crippen LogP contribution in [0.2, 0.25) is 0 Å². The lowest BCUT2D eigenvalue weighted by Crippen LogP contribution is -2.29. The molecule has 28 heavy (non-hydrogen) atoms. The second-order valence-electron chi connectivity index (χ2n) is 7.57. The molecular weight excluding hydrogens is 346 g/mol. The van der Waals surface area contributed by atoms with Crippen LogP contribution in [0.25, 0.3) is 0 Å². The number of carbonyl (C=O) groups is 1. The highest BCUT2D eigenvalue weighted by molar-refractivity contribution is 5.94. The summed E-state index contributed by atoms with van der Waals surface area (Å²) in [4.78, 5) is 12.0. The summed E-state index contributed by atoms with van der Waals surface area (Å²) < 4.78 is 0. The van der Waals surface area contributed by atoms with Crippen LogP contribution in [0.3, 0.4) is 0 Å². The van der Waals surface area contributed by atoms with Crippen molar-refractivity contribution in [2.45, 2.75) is 85.0 Å². The minimum absolute atomic E-state index is 0.0406. The van der Waals surface area contributed by atoms with Crippen LogP contribution in [0.4, 0.5) is 0 Å². The van der Waals surface area contributed by atoms with E-state index in [2.05, 4.69) is 24.4 Å². The Labute approximate surface area is 173 Å². The van der Waals surface area contributed by atoms with Gasteiger partial charge in [0.1, 0.15) is 0 Å². The summed E-state index contributed by atoms with van der Waals surface area (Å²) >= 11 is 0. The summed E-state index contributed by atoms with van der Waals surface area (Å²) in [5.74, 6) is 0.0297. The average molecular weight is 390 g/mol. The zero-order valence-corrected chi connectivity index (χ0v) is 18.5. The molecule has 0 aromatic carbocycles. The smallest absolute Gasteiger partial charge is 0.247 e. The van der Waals surface area contributed by atoms with Crippen molar-refractivity contribution >= 4 is 5.91 Å². The van der Waals surface area contributed by atoms with Gasteiger partial charge in [-0.3, -0.25) is 4.79 Å².